The molecule has 0 aliphatic heterocycles. The highest BCUT2D eigenvalue weighted by atomic mass is 16.9. The number of carbonyl (C=O) groups excluding carboxylic acids is 1. The standard InChI is InChI=1S/C17H19N3O4/c21-16(10-5-11-24-20(22)23)19-17-12-6-1-3-8-14(12)18-15-9-4-2-7-13(15)17/h1,3,6,8H,2,4-5,7,9-11H2,(H,18,19,21). The number of nitrogens with zero attached hydrogens (tertiary/aromatic N) is 2. The van der Waals surface area contributed by atoms with Gasteiger partial charge < -0.3 is 10.2 Å². The zero-order valence-corrected chi connectivity index (χ0v) is 13.3. The minimum absolute atomic E-state index is 0.0738. The molecule has 24 heavy (non-hydrogen) atoms. The highest BCUT2D eigenvalue weighted by Gasteiger charge is 2.19. The monoisotopic (exact) mass is 329 g/mol. The van der Waals surface area contributed by atoms with Gasteiger partial charge in [-0.15, -0.1) is 10.1 Å². The molecular weight excluding hydrogens is 310 g/mol. The van der Waals surface area contributed by atoms with Crippen LogP contribution in [0.5, 0.6) is 0 Å². The predicted octanol–water partition coefficient (Wildman–Crippen LogP) is 3.04. The first kappa shape index (κ1) is 16.2. The Bertz CT molecular complexity index is 776. The third-order valence-corrected chi connectivity index (χ3v) is 4.18. The van der Waals surface area contributed by atoms with Gasteiger partial charge >= 0.3 is 0 Å². The number of nitrogens with one attached hydrogen (secondary N) is 1. The Morgan fingerprint density at radius 2 is 2.08 bits per heavy atom. The van der Waals surface area contributed by atoms with Crippen LogP contribution in [0.25, 0.3) is 10.9 Å². The summed E-state index contributed by atoms with van der Waals surface area (Å²) in [7, 11) is 0. The summed E-state index contributed by atoms with van der Waals surface area (Å²) in [5, 5.41) is 13.2. The fourth-order valence-electron chi connectivity index (χ4n) is 3.09. The van der Waals surface area contributed by atoms with Gasteiger partial charge in [-0.2, -0.15) is 0 Å². The molecule has 7 heteroatoms. The summed E-state index contributed by atoms with van der Waals surface area (Å²) < 4.78 is 0. The molecule has 7 nitrogen and oxygen atoms in total. The number of rotatable bonds is 6. The fraction of sp³-hybridized carbons (Fsp3) is 0.412. The average Bonchev–Trinajstić information content (AvgIpc) is 2.58. The first-order valence-electron chi connectivity index (χ1n) is 8.13. The van der Waals surface area contributed by atoms with E-state index in [-0.39, 0.29) is 18.9 Å². The van der Waals surface area contributed by atoms with Crippen molar-refractivity contribution < 1.29 is 14.7 Å². The maximum absolute atomic E-state index is 12.2. The minimum atomic E-state index is -0.843. The van der Waals surface area contributed by atoms with Gasteiger partial charge in [0.05, 0.1) is 17.8 Å². The molecule has 1 aliphatic rings. The molecule has 0 spiro atoms. The first-order valence-corrected chi connectivity index (χ1v) is 8.13. The van der Waals surface area contributed by atoms with Crippen LogP contribution in [0.1, 0.15) is 36.9 Å². The van der Waals surface area contributed by atoms with E-state index >= 15 is 0 Å². The number of hydrogen-bond acceptors (Lipinski definition) is 5. The molecule has 2 aromatic rings. The van der Waals surface area contributed by atoms with Crippen molar-refractivity contribution in [3.8, 4) is 0 Å². The van der Waals surface area contributed by atoms with Gasteiger partial charge in [-0.25, -0.2) is 0 Å². The van der Waals surface area contributed by atoms with Crippen molar-refractivity contribution in [1.29, 1.82) is 0 Å². The summed E-state index contributed by atoms with van der Waals surface area (Å²) in [5.74, 6) is -0.161. The molecule has 0 fully saturated rings. The second-order valence-electron chi connectivity index (χ2n) is 5.84. The lowest BCUT2D eigenvalue weighted by Crippen LogP contribution is -2.17. The predicted molar refractivity (Wildman–Crippen MR) is 89.2 cm³/mol. The van der Waals surface area contributed by atoms with E-state index in [4.69, 9.17) is 4.98 Å². The van der Waals surface area contributed by atoms with Crippen LogP contribution < -0.4 is 5.32 Å². The summed E-state index contributed by atoms with van der Waals surface area (Å²) in [6.45, 7) is -0.0738. The quantitative estimate of drug-likeness (QED) is 0.499. The van der Waals surface area contributed by atoms with Gasteiger partial charge in [0.15, 0.2) is 0 Å². The topological polar surface area (TPSA) is 94.4 Å². The fourth-order valence-corrected chi connectivity index (χ4v) is 3.09. The molecule has 0 atom stereocenters. The lowest BCUT2D eigenvalue weighted by atomic mass is 9.92. The van der Waals surface area contributed by atoms with Crippen LogP contribution in [0.15, 0.2) is 24.3 Å². The number of pyridine rings is 1. The number of hydrogen-bond donors (Lipinski definition) is 1. The number of amides is 1. The van der Waals surface area contributed by atoms with Crippen molar-refractivity contribution in [3.05, 3.63) is 45.6 Å². The second kappa shape index (κ2) is 7.25. The molecule has 0 bridgehead atoms. The zero-order chi connectivity index (χ0) is 16.9. The van der Waals surface area contributed by atoms with Gasteiger partial charge in [0.25, 0.3) is 5.09 Å². The Labute approximate surface area is 139 Å². The van der Waals surface area contributed by atoms with Crippen LogP contribution in [-0.2, 0) is 22.5 Å². The lowest BCUT2D eigenvalue weighted by Gasteiger charge is -2.21. The summed E-state index contributed by atoms with van der Waals surface area (Å²) in [4.78, 5) is 31.3. The molecule has 1 aliphatic carbocycles. The molecule has 126 valence electrons. The van der Waals surface area contributed by atoms with Crippen molar-refractivity contribution in [3.63, 3.8) is 0 Å². The highest BCUT2D eigenvalue weighted by Crippen LogP contribution is 2.33. The molecule has 3 rings (SSSR count). The zero-order valence-electron chi connectivity index (χ0n) is 13.3. The highest BCUT2D eigenvalue weighted by molar-refractivity contribution is 6.02. The van der Waals surface area contributed by atoms with E-state index in [1.54, 1.807) is 0 Å². The third-order valence-electron chi connectivity index (χ3n) is 4.18. The van der Waals surface area contributed by atoms with Gasteiger partial charge in [-0.05, 0) is 43.7 Å². The molecule has 0 saturated carbocycles. The van der Waals surface area contributed by atoms with Gasteiger partial charge in [-0.1, -0.05) is 18.2 Å². The second-order valence-corrected chi connectivity index (χ2v) is 5.84. The van der Waals surface area contributed by atoms with E-state index in [0.29, 0.717) is 6.42 Å². The van der Waals surface area contributed by atoms with Gasteiger partial charge in [0.2, 0.25) is 5.91 Å². The normalized spacial score (nSPS) is 13.3. The Morgan fingerprint density at radius 1 is 1.29 bits per heavy atom. The van der Waals surface area contributed by atoms with Gasteiger partial charge in [0, 0.05) is 17.5 Å². The van der Waals surface area contributed by atoms with Crippen LogP contribution in [0.2, 0.25) is 0 Å². The van der Waals surface area contributed by atoms with Crippen LogP contribution in [0.3, 0.4) is 0 Å². The molecule has 0 unspecified atom stereocenters. The molecule has 1 amide bonds. The Morgan fingerprint density at radius 3 is 2.92 bits per heavy atom. The summed E-state index contributed by atoms with van der Waals surface area (Å²) >= 11 is 0. The van der Waals surface area contributed by atoms with Crippen LogP contribution in [-0.4, -0.2) is 22.6 Å². The van der Waals surface area contributed by atoms with E-state index in [0.717, 1.165) is 53.5 Å². The van der Waals surface area contributed by atoms with Crippen molar-refractivity contribution in [2.24, 2.45) is 0 Å². The van der Waals surface area contributed by atoms with E-state index < -0.39 is 5.09 Å². The van der Waals surface area contributed by atoms with Crippen LogP contribution >= 0.6 is 0 Å². The van der Waals surface area contributed by atoms with Crippen LogP contribution in [0.4, 0.5) is 5.69 Å². The first-order chi connectivity index (χ1) is 11.6. The Kier molecular flexibility index (Phi) is 4.88. The number of anilines is 1. The minimum Gasteiger partial charge on any atom is -0.325 e. The number of aryl methyl sites for hydroxylation is 1. The number of carbonyl (C=O) groups is 1. The summed E-state index contributed by atoms with van der Waals surface area (Å²) in [6, 6.07) is 7.78. The van der Waals surface area contributed by atoms with E-state index in [1.807, 2.05) is 24.3 Å². The number of fused-ring (bicyclic) bond motifs is 2. The molecule has 0 saturated heterocycles. The molecular formula is C17H19N3O4. The lowest BCUT2D eigenvalue weighted by molar-refractivity contribution is -0.757. The molecule has 0 radical (unpaired) electrons. The van der Waals surface area contributed by atoms with Crippen LogP contribution in [0, 0.1) is 10.1 Å². The molecule has 1 N–H and O–H groups in total. The van der Waals surface area contributed by atoms with E-state index in [9.17, 15) is 14.9 Å². The Hall–Kier alpha value is -2.70. The Balaban J connectivity index is 1.80. The largest absolute Gasteiger partial charge is 0.325 e. The molecule has 1 aromatic heterocycles. The number of aromatic nitrogens is 1. The smallest absolute Gasteiger partial charge is 0.294 e. The van der Waals surface area contributed by atoms with E-state index in [2.05, 4.69) is 10.2 Å². The SMILES string of the molecule is O=C(CCCO[N+](=O)[O-])Nc1c2c(nc3ccccc13)CCCC2. The van der Waals surface area contributed by atoms with E-state index in [1.165, 1.54) is 0 Å². The maximum atomic E-state index is 12.2. The molecule has 1 aromatic carbocycles. The van der Waals surface area contributed by atoms with Crippen molar-refractivity contribution in [2.75, 3.05) is 11.9 Å². The molecule has 1 heterocycles. The third kappa shape index (κ3) is 3.61. The van der Waals surface area contributed by atoms with Gasteiger partial charge in [0.1, 0.15) is 0 Å². The summed E-state index contributed by atoms with van der Waals surface area (Å²) in [6.07, 6.45) is 4.53. The van der Waals surface area contributed by atoms with Crippen molar-refractivity contribution in [1.82, 2.24) is 4.98 Å². The number of benzene rings is 1. The average molecular weight is 329 g/mol. The van der Waals surface area contributed by atoms with Crippen molar-refractivity contribution >= 4 is 22.5 Å². The van der Waals surface area contributed by atoms with Gasteiger partial charge in [-0.3, -0.25) is 9.78 Å². The maximum Gasteiger partial charge on any atom is 0.294 e. The number of para-hydroxylation sites is 1. The van der Waals surface area contributed by atoms with Crippen molar-refractivity contribution in [2.45, 2.75) is 38.5 Å². The summed E-state index contributed by atoms with van der Waals surface area (Å²) in [5.41, 5.74) is 3.91.